The average Bonchev–Trinajstić information content (AvgIpc) is 2.74. The van der Waals surface area contributed by atoms with E-state index in [0.717, 1.165) is 23.2 Å². The summed E-state index contributed by atoms with van der Waals surface area (Å²) in [6, 6.07) is 7.55. The lowest BCUT2D eigenvalue weighted by atomic mass is 10.0. The van der Waals surface area contributed by atoms with Gasteiger partial charge in [-0.3, -0.25) is 0 Å². The van der Waals surface area contributed by atoms with Gasteiger partial charge in [0.15, 0.2) is 0 Å². The molecule has 0 spiro atoms. The molecule has 18 heavy (non-hydrogen) atoms. The molecule has 0 aliphatic heterocycles. The Kier molecular flexibility index (Phi) is 4.15. The summed E-state index contributed by atoms with van der Waals surface area (Å²) in [4.78, 5) is 1.25. The van der Waals surface area contributed by atoms with Crippen molar-refractivity contribution in [1.82, 2.24) is 5.32 Å². The highest BCUT2D eigenvalue weighted by molar-refractivity contribution is 7.10. The highest BCUT2D eigenvalue weighted by Crippen LogP contribution is 2.29. The van der Waals surface area contributed by atoms with Crippen LogP contribution in [0.15, 0.2) is 29.6 Å². The van der Waals surface area contributed by atoms with E-state index in [4.69, 9.17) is 0 Å². The van der Waals surface area contributed by atoms with Crippen molar-refractivity contribution in [2.45, 2.75) is 33.4 Å². The molecule has 1 aromatic heterocycles. The van der Waals surface area contributed by atoms with Gasteiger partial charge >= 0.3 is 0 Å². The van der Waals surface area contributed by atoms with Crippen LogP contribution in [0.1, 0.15) is 24.3 Å². The fourth-order valence-electron chi connectivity index (χ4n) is 1.87. The summed E-state index contributed by atoms with van der Waals surface area (Å²) in [6.45, 7) is 7.05. The molecule has 2 aromatic rings. The van der Waals surface area contributed by atoms with Crippen molar-refractivity contribution in [3.05, 3.63) is 45.9 Å². The van der Waals surface area contributed by atoms with Crippen LogP contribution in [0.3, 0.4) is 0 Å². The fraction of sp³-hybridized carbons (Fsp3) is 0.333. The molecule has 0 saturated carbocycles. The number of rotatable bonds is 4. The monoisotopic (exact) mass is 263 g/mol. The van der Waals surface area contributed by atoms with Crippen LogP contribution in [-0.2, 0) is 6.54 Å². The predicted octanol–water partition coefficient (Wildman–Crippen LogP) is 4.36. The number of aryl methyl sites for hydroxylation is 1. The van der Waals surface area contributed by atoms with Gasteiger partial charge in [-0.05, 0) is 47.2 Å². The maximum atomic E-state index is 13.4. The van der Waals surface area contributed by atoms with Crippen LogP contribution >= 0.6 is 11.3 Å². The molecule has 0 amide bonds. The second-order valence-corrected chi connectivity index (χ2v) is 5.90. The smallest absolute Gasteiger partial charge is 0.123 e. The maximum Gasteiger partial charge on any atom is 0.123 e. The molecule has 0 radical (unpaired) electrons. The average molecular weight is 263 g/mol. The zero-order valence-electron chi connectivity index (χ0n) is 11.0. The third-order valence-corrected chi connectivity index (χ3v) is 3.68. The molecular formula is C15H18FNS. The van der Waals surface area contributed by atoms with Crippen molar-refractivity contribution >= 4 is 11.3 Å². The number of thiophene rings is 1. The summed E-state index contributed by atoms with van der Waals surface area (Å²) in [5.41, 5.74) is 3.24. The minimum atomic E-state index is -0.179. The summed E-state index contributed by atoms with van der Waals surface area (Å²) in [5, 5.41) is 5.47. The van der Waals surface area contributed by atoms with E-state index in [1.165, 1.54) is 10.9 Å². The van der Waals surface area contributed by atoms with Gasteiger partial charge in [-0.15, -0.1) is 11.3 Å². The molecule has 1 nitrogen and oxygen atoms in total. The van der Waals surface area contributed by atoms with Crippen LogP contribution in [0.5, 0.6) is 0 Å². The third-order valence-electron chi connectivity index (χ3n) is 2.81. The Bertz CT molecular complexity index is 531. The second kappa shape index (κ2) is 5.63. The minimum Gasteiger partial charge on any atom is -0.310 e. The molecule has 0 aliphatic carbocycles. The van der Waals surface area contributed by atoms with Gasteiger partial charge in [0.2, 0.25) is 0 Å². The molecule has 0 bridgehead atoms. The highest BCUT2D eigenvalue weighted by atomic mass is 32.1. The Morgan fingerprint density at radius 1 is 1.28 bits per heavy atom. The SMILES string of the molecule is Cc1cc(-c2cc(F)ccc2CNC(C)C)cs1. The van der Waals surface area contributed by atoms with Crippen molar-refractivity contribution in [3.8, 4) is 11.1 Å². The van der Waals surface area contributed by atoms with E-state index in [1.54, 1.807) is 17.4 Å². The Balaban J connectivity index is 2.34. The molecule has 96 valence electrons. The summed E-state index contributed by atoms with van der Waals surface area (Å²) < 4.78 is 13.4. The number of hydrogen-bond donors (Lipinski definition) is 1. The molecule has 1 N–H and O–H groups in total. The fourth-order valence-corrected chi connectivity index (χ4v) is 2.57. The molecule has 1 heterocycles. The van der Waals surface area contributed by atoms with Crippen molar-refractivity contribution < 1.29 is 4.39 Å². The van der Waals surface area contributed by atoms with Crippen LogP contribution in [0.4, 0.5) is 4.39 Å². The minimum absolute atomic E-state index is 0.179. The molecule has 1 aromatic carbocycles. The van der Waals surface area contributed by atoms with E-state index in [-0.39, 0.29) is 5.82 Å². The molecule has 3 heteroatoms. The van der Waals surface area contributed by atoms with Crippen LogP contribution in [-0.4, -0.2) is 6.04 Å². The summed E-state index contributed by atoms with van der Waals surface area (Å²) in [6.07, 6.45) is 0. The lowest BCUT2D eigenvalue weighted by Gasteiger charge is -2.12. The van der Waals surface area contributed by atoms with E-state index >= 15 is 0 Å². The van der Waals surface area contributed by atoms with E-state index in [9.17, 15) is 4.39 Å². The molecule has 0 saturated heterocycles. The number of benzene rings is 1. The zero-order chi connectivity index (χ0) is 13.1. The first-order chi connectivity index (χ1) is 8.56. The Labute approximate surface area is 112 Å². The standard InChI is InChI=1S/C15H18FNS/c1-10(2)17-8-12-4-5-14(16)7-15(12)13-6-11(3)18-9-13/h4-7,9-10,17H,8H2,1-3H3. The van der Waals surface area contributed by atoms with Crippen LogP contribution < -0.4 is 5.32 Å². The summed E-state index contributed by atoms with van der Waals surface area (Å²) in [7, 11) is 0. The number of halogens is 1. The van der Waals surface area contributed by atoms with Crippen molar-refractivity contribution in [3.63, 3.8) is 0 Å². The van der Waals surface area contributed by atoms with E-state index in [2.05, 4.69) is 37.5 Å². The number of nitrogens with one attached hydrogen (secondary N) is 1. The summed E-state index contributed by atoms with van der Waals surface area (Å²) >= 11 is 1.70. The van der Waals surface area contributed by atoms with E-state index in [0.29, 0.717) is 6.04 Å². The highest BCUT2D eigenvalue weighted by Gasteiger charge is 2.08. The normalized spacial score (nSPS) is 11.2. The first kappa shape index (κ1) is 13.2. The number of hydrogen-bond acceptors (Lipinski definition) is 2. The molecular weight excluding hydrogens is 245 g/mol. The Morgan fingerprint density at radius 2 is 2.06 bits per heavy atom. The van der Waals surface area contributed by atoms with Gasteiger partial charge in [0.25, 0.3) is 0 Å². The lowest BCUT2D eigenvalue weighted by molar-refractivity contribution is 0.587. The molecule has 0 aliphatic rings. The lowest BCUT2D eigenvalue weighted by Crippen LogP contribution is -2.22. The van der Waals surface area contributed by atoms with Gasteiger partial charge in [-0.1, -0.05) is 19.9 Å². The largest absolute Gasteiger partial charge is 0.310 e. The van der Waals surface area contributed by atoms with Gasteiger partial charge in [0.1, 0.15) is 5.82 Å². The predicted molar refractivity (Wildman–Crippen MR) is 76.4 cm³/mol. The Hall–Kier alpha value is -1.19. The van der Waals surface area contributed by atoms with Gasteiger partial charge < -0.3 is 5.32 Å². The van der Waals surface area contributed by atoms with Crippen LogP contribution in [0, 0.1) is 12.7 Å². The molecule has 0 fully saturated rings. The first-order valence-corrected chi connectivity index (χ1v) is 7.01. The third kappa shape index (κ3) is 3.18. The topological polar surface area (TPSA) is 12.0 Å². The maximum absolute atomic E-state index is 13.4. The van der Waals surface area contributed by atoms with Crippen LogP contribution in [0.25, 0.3) is 11.1 Å². The van der Waals surface area contributed by atoms with E-state index in [1.807, 2.05) is 6.07 Å². The zero-order valence-corrected chi connectivity index (χ0v) is 11.8. The van der Waals surface area contributed by atoms with E-state index < -0.39 is 0 Å². The Morgan fingerprint density at radius 3 is 2.67 bits per heavy atom. The molecule has 0 unspecified atom stereocenters. The van der Waals surface area contributed by atoms with Crippen molar-refractivity contribution in [2.24, 2.45) is 0 Å². The molecule has 2 rings (SSSR count). The summed E-state index contributed by atoms with van der Waals surface area (Å²) in [5.74, 6) is -0.179. The quantitative estimate of drug-likeness (QED) is 0.864. The van der Waals surface area contributed by atoms with Crippen molar-refractivity contribution in [1.29, 1.82) is 0 Å². The molecule has 0 atom stereocenters. The van der Waals surface area contributed by atoms with Crippen molar-refractivity contribution in [2.75, 3.05) is 0 Å². The van der Waals surface area contributed by atoms with Crippen LogP contribution in [0.2, 0.25) is 0 Å². The van der Waals surface area contributed by atoms with Gasteiger partial charge in [0.05, 0.1) is 0 Å². The van der Waals surface area contributed by atoms with Gasteiger partial charge in [0, 0.05) is 17.5 Å². The second-order valence-electron chi connectivity index (χ2n) is 4.78. The van der Waals surface area contributed by atoms with Gasteiger partial charge in [-0.2, -0.15) is 0 Å². The van der Waals surface area contributed by atoms with Gasteiger partial charge in [-0.25, -0.2) is 4.39 Å². The first-order valence-electron chi connectivity index (χ1n) is 6.13.